The average molecular weight is 311 g/mol. The molecule has 0 bridgehead atoms. The summed E-state index contributed by atoms with van der Waals surface area (Å²) in [6.45, 7) is 1.64. The molecule has 112 valence electrons. The molecule has 2 rings (SSSR count). The van der Waals surface area contributed by atoms with Crippen molar-refractivity contribution < 1.29 is 19.5 Å². The lowest BCUT2D eigenvalue weighted by molar-refractivity contribution is -0.211. The van der Waals surface area contributed by atoms with Crippen LogP contribution in [0.1, 0.15) is 18.5 Å². The molecule has 0 saturated carbocycles. The van der Waals surface area contributed by atoms with E-state index in [-0.39, 0.29) is 0 Å². The summed E-state index contributed by atoms with van der Waals surface area (Å²) in [7, 11) is 1.27. The lowest BCUT2D eigenvalue weighted by Gasteiger charge is -2.43. The van der Waals surface area contributed by atoms with Crippen LogP contribution in [0.3, 0.4) is 0 Å². The van der Waals surface area contributed by atoms with Crippen molar-refractivity contribution in [3.63, 3.8) is 0 Å². The summed E-state index contributed by atoms with van der Waals surface area (Å²) >= 11 is 5.82. The Morgan fingerprint density at radius 3 is 2.62 bits per heavy atom. The highest BCUT2D eigenvalue weighted by Crippen LogP contribution is 2.34. The highest BCUT2D eigenvalue weighted by atomic mass is 35.5. The van der Waals surface area contributed by atoms with Gasteiger partial charge in [-0.3, -0.25) is 10.0 Å². The summed E-state index contributed by atoms with van der Waals surface area (Å²) in [4.78, 5) is 22.9. The van der Waals surface area contributed by atoms with Crippen molar-refractivity contribution in [1.82, 2.24) is 10.4 Å². The number of rotatable bonds is 4. The summed E-state index contributed by atoms with van der Waals surface area (Å²) in [5.74, 6) is -0.983. The Balaban J connectivity index is 2.14. The van der Waals surface area contributed by atoms with Crippen molar-refractivity contribution in [1.29, 1.82) is 0 Å². The SMILES string of the molecule is COC(=O)/C=C(/C)NC1C(=O)N(O)C1c1ccc(Cl)cc1. The molecule has 2 atom stereocenters. The van der Waals surface area contributed by atoms with E-state index in [2.05, 4.69) is 10.1 Å². The predicted molar refractivity (Wildman–Crippen MR) is 75.5 cm³/mol. The van der Waals surface area contributed by atoms with Gasteiger partial charge in [0.05, 0.1) is 7.11 Å². The predicted octanol–water partition coefficient (Wildman–Crippen LogP) is 1.65. The Morgan fingerprint density at radius 1 is 1.43 bits per heavy atom. The standard InChI is InChI=1S/C14H15ClN2O4/c1-8(7-11(18)21-2)16-12-13(17(20)14(12)19)9-3-5-10(15)6-4-9/h3-7,12-13,16,20H,1-2H3/b8-7-. The van der Waals surface area contributed by atoms with Gasteiger partial charge in [0, 0.05) is 16.8 Å². The second-order valence-electron chi connectivity index (χ2n) is 4.65. The number of hydrogen-bond donors (Lipinski definition) is 2. The largest absolute Gasteiger partial charge is 0.466 e. The smallest absolute Gasteiger partial charge is 0.332 e. The number of carbonyl (C=O) groups is 2. The molecule has 0 aromatic heterocycles. The molecule has 6 nitrogen and oxygen atoms in total. The van der Waals surface area contributed by atoms with Crippen LogP contribution in [0.5, 0.6) is 0 Å². The number of nitrogens with zero attached hydrogens (tertiary/aromatic N) is 1. The second kappa shape index (κ2) is 6.15. The van der Waals surface area contributed by atoms with Crippen LogP contribution in [0.15, 0.2) is 36.0 Å². The average Bonchev–Trinajstić information content (AvgIpc) is 2.48. The summed E-state index contributed by atoms with van der Waals surface area (Å²) in [5, 5.41) is 13.8. The highest BCUT2D eigenvalue weighted by molar-refractivity contribution is 6.30. The molecule has 1 heterocycles. The fourth-order valence-corrected chi connectivity index (χ4v) is 2.26. The number of hydrogen-bond acceptors (Lipinski definition) is 5. The number of hydroxylamine groups is 2. The minimum absolute atomic E-state index is 0.465. The maximum atomic E-state index is 11.7. The van der Waals surface area contributed by atoms with Crippen molar-refractivity contribution in [2.75, 3.05) is 7.11 Å². The Morgan fingerprint density at radius 2 is 2.05 bits per heavy atom. The maximum Gasteiger partial charge on any atom is 0.332 e. The molecular formula is C14H15ClN2O4. The molecule has 0 radical (unpaired) electrons. The molecule has 0 aliphatic carbocycles. The molecule has 1 amide bonds. The molecule has 1 fully saturated rings. The van der Waals surface area contributed by atoms with Gasteiger partial charge in [-0.2, -0.15) is 0 Å². The van der Waals surface area contributed by atoms with Crippen LogP contribution in [-0.2, 0) is 14.3 Å². The Hall–Kier alpha value is -2.05. The van der Waals surface area contributed by atoms with Gasteiger partial charge in [-0.1, -0.05) is 23.7 Å². The Kier molecular flexibility index (Phi) is 4.50. The zero-order valence-electron chi connectivity index (χ0n) is 11.5. The van der Waals surface area contributed by atoms with Crippen LogP contribution in [-0.4, -0.2) is 35.3 Å². The number of amides is 1. The van der Waals surface area contributed by atoms with Gasteiger partial charge in [0.15, 0.2) is 0 Å². The van der Waals surface area contributed by atoms with E-state index in [9.17, 15) is 14.8 Å². The van der Waals surface area contributed by atoms with Crippen LogP contribution >= 0.6 is 11.6 Å². The summed E-state index contributed by atoms with van der Waals surface area (Å²) in [6.07, 6.45) is 1.24. The molecule has 1 aliphatic rings. The second-order valence-corrected chi connectivity index (χ2v) is 5.09. The molecule has 21 heavy (non-hydrogen) atoms. The lowest BCUT2D eigenvalue weighted by atomic mass is 9.90. The fourth-order valence-electron chi connectivity index (χ4n) is 2.13. The van der Waals surface area contributed by atoms with Gasteiger partial charge < -0.3 is 10.1 Å². The van der Waals surface area contributed by atoms with Crippen molar-refractivity contribution in [3.05, 3.63) is 46.6 Å². The molecular weight excluding hydrogens is 296 g/mol. The molecule has 1 saturated heterocycles. The van der Waals surface area contributed by atoms with Crippen LogP contribution in [0.25, 0.3) is 0 Å². The molecule has 2 unspecified atom stereocenters. The van der Waals surface area contributed by atoms with Crippen LogP contribution in [0, 0.1) is 0 Å². The zero-order valence-corrected chi connectivity index (χ0v) is 12.3. The van der Waals surface area contributed by atoms with Crippen molar-refractivity contribution >= 4 is 23.5 Å². The van der Waals surface area contributed by atoms with Crippen LogP contribution in [0.2, 0.25) is 5.02 Å². The van der Waals surface area contributed by atoms with E-state index in [1.165, 1.54) is 13.2 Å². The molecule has 1 aliphatic heterocycles. The summed E-state index contributed by atoms with van der Waals surface area (Å²) in [5.41, 5.74) is 1.22. The lowest BCUT2D eigenvalue weighted by Crippen LogP contribution is -2.62. The number of methoxy groups -OCH3 is 1. The van der Waals surface area contributed by atoms with Crippen LogP contribution in [0.4, 0.5) is 0 Å². The third-order valence-electron chi connectivity index (χ3n) is 3.20. The molecule has 0 spiro atoms. The Labute approximate surface area is 126 Å². The van der Waals surface area contributed by atoms with Crippen molar-refractivity contribution in [3.8, 4) is 0 Å². The van der Waals surface area contributed by atoms with Crippen molar-refractivity contribution in [2.24, 2.45) is 0 Å². The van der Waals surface area contributed by atoms with Gasteiger partial charge >= 0.3 is 5.97 Å². The van der Waals surface area contributed by atoms with E-state index in [0.717, 1.165) is 5.56 Å². The van der Waals surface area contributed by atoms with E-state index < -0.39 is 24.0 Å². The minimum atomic E-state index is -0.642. The molecule has 7 heteroatoms. The van der Waals surface area contributed by atoms with Gasteiger partial charge in [0.1, 0.15) is 12.1 Å². The van der Waals surface area contributed by atoms with Crippen molar-refractivity contribution in [2.45, 2.75) is 19.0 Å². The number of β-lactam (4-membered cyclic amide) rings is 1. The molecule has 1 aromatic rings. The number of nitrogens with one attached hydrogen (secondary N) is 1. The van der Waals surface area contributed by atoms with Gasteiger partial charge in [0.2, 0.25) is 0 Å². The number of carbonyl (C=O) groups excluding carboxylic acids is 2. The van der Waals surface area contributed by atoms with Crippen LogP contribution < -0.4 is 5.32 Å². The summed E-state index contributed by atoms with van der Waals surface area (Å²) in [6, 6.07) is 5.66. The first-order chi connectivity index (χ1) is 9.93. The van der Waals surface area contributed by atoms with E-state index in [0.29, 0.717) is 15.8 Å². The van der Waals surface area contributed by atoms with Gasteiger partial charge in [0.25, 0.3) is 5.91 Å². The first kappa shape index (κ1) is 15.3. The van der Waals surface area contributed by atoms with E-state index >= 15 is 0 Å². The number of esters is 1. The first-order valence-electron chi connectivity index (χ1n) is 6.24. The molecule has 2 N–H and O–H groups in total. The monoisotopic (exact) mass is 310 g/mol. The number of ether oxygens (including phenoxy) is 1. The van der Waals surface area contributed by atoms with Gasteiger partial charge in [-0.05, 0) is 24.6 Å². The number of benzene rings is 1. The van der Waals surface area contributed by atoms with E-state index in [1.54, 1.807) is 31.2 Å². The third-order valence-corrected chi connectivity index (χ3v) is 3.45. The number of allylic oxidation sites excluding steroid dienone is 1. The van der Waals surface area contributed by atoms with E-state index in [4.69, 9.17) is 11.6 Å². The molecule has 1 aromatic carbocycles. The Bertz CT molecular complexity index is 585. The minimum Gasteiger partial charge on any atom is -0.466 e. The first-order valence-corrected chi connectivity index (χ1v) is 6.62. The fraction of sp³-hybridized carbons (Fsp3) is 0.286. The van der Waals surface area contributed by atoms with E-state index in [1.807, 2.05) is 0 Å². The number of halogens is 1. The topological polar surface area (TPSA) is 78.9 Å². The summed E-state index contributed by atoms with van der Waals surface area (Å²) < 4.78 is 4.51. The zero-order chi connectivity index (χ0) is 15.6. The van der Waals surface area contributed by atoms with Gasteiger partial charge in [-0.15, -0.1) is 0 Å². The normalized spacial score (nSPS) is 21.8. The highest BCUT2D eigenvalue weighted by Gasteiger charge is 2.48. The maximum absolute atomic E-state index is 11.7. The quantitative estimate of drug-likeness (QED) is 0.382. The third kappa shape index (κ3) is 3.17. The van der Waals surface area contributed by atoms with Gasteiger partial charge in [-0.25, -0.2) is 9.86 Å².